The fraction of sp³-hybridized carbons (Fsp3) is 0.182. The Morgan fingerprint density at radius 1 is 1.19 bits per heavy atom. The van der Waals surface area contributed by atoms with Crippen molar-refractivity contribution in [2.45, 2.75) is 11.3 Å². The predicted molar refractivity (Wildman–Crippen MR) is 61.1 cm³/mol. The van der Waals surface area contributed by atoms with E-state index in [0.29, 0.717) is 11.3 Å². The van der Waals surface area contributed by atoms with Gasteiger partial charge >= 0.3 is 0 Å². The molecule has 1 aromatic heterocycles. The lowest BCUT2D eigenvalue weighted by molar-refractivity contribution is 0.600. The molecule has 0 amide bonds. The highest BCUT2D eigenvalue weighted by molar-refractivity contribution is 7.92. The number of nitrogens with zero attached hydrogens (tertiary/aromatic N) is 1. The van der Waals surface area contributed by atoms with E-state index >= 15 is 0 Å². The van der Waals surface area contributed by atoms with Gasteiger partial charge < -0.3 is 5.48 Å². The number of aromatic nitrogens is 1. The summed E-state index contributed by atoms with van der Waals surface area (Å²) in [5.74, 6) is 0.232. The molecule has 84 valence electrons. The minimum absolute atomic E-state index is 0. The van der Waals surface area contributed by atoms with Crippen LogP contribution in [0.1, 0.15) is 5.56 Å². The van der Waals surface area contributed by atoms with Crippen molar-refractivity contribution in [3.8, 4) is 0 Å². The summed E-state index contributed by atoms with van der Waals surface area (Å²) in [6, 6.07) is 7.35. The molecule has 4 nitrogen and oxygen atoms in total. The van der Waals surface area contributed by atoms with Crippen molar-refractivity contribution in [3.63, 3.8) is 0 Å². The first kappa shape index (κ1) is 11.0. The molecular weight excluding hydrogens is 226 g/mol. The van der Waals surface area contributed by atoms with Gasteiger partial charge in [-0.15, -0.1) is 0 Å². The molecular formula is C11H11NO3S. The van der Waals surface area contributed by atoms with Gasteiger partial charge in [0.2, 0.25) is 0 Å². The standard InChI is InChI=1S/C11H9NO2S.H2O/c13-15(14)7-5-8-3-4-10-9(11(8)15)2-1-6-12-10;/h1-4,6H,5,7H2;1H2. The Morgan fingerprint density at radius 2 is 2.00 bits per heavy atom. The molecule has 0 fully saturated rings. The largest absolute Gasteiger partial charge is 0.412 e. The predicted octanol–water partition coefficient (Wildman–Crippen LogP) is 0.740. The molecule has 0 spiro atoms. The zero-order valence-corrected chi connectivity index (χ0v) is 9.29. The summed E-state index contributed by atoms with van der Waals surface area (Å²) in [6.45, 7) is 0. The van der Waals surface area contributed by atoms with E-state index in [4.69, 9.17) is 0 Å². The lowest BCUT2D eigenvalue weighted by Gasteiger charge is -2.03. The topological polar surface area (TPSA) is 78.5 Å². The summed E-state index contributed by atoms with van der Waals surface area (Å²) in [7, 11) is -3.07. The van der Waals surface area contributed by atoms with Crippen LogP contribution in [0, 0.1) is 0 Å². The Balaban J connectivity index is 0.000000963. The second-order valence-electron chi connectivity index (χ2n) is 3.69. The van der Waals surface area contributed by atoms with Crippen molar-refractivity contribution >= 4 is 20.7 Å². The van der Waals surface area contributed by atoms with Gasteiger partial charge in [0.1, 0.15) is 0 Å². The van der Waals surface area contributed by atoms with Crippen LogP contribution < -0.4 is 0 Å². The summed E-state index contributed by atoms with van der Waals surface area (Å²) < 4.78 is 23.7. The van der Waals surface area contributed by atoms with Crippen molar-refractivity contribution in [1.82, 2.24) is 4.98 Å². The molecule has 5 heteroatoms. The van der Waals surface area contributed by atoms with Crippen molar-refractivity contribution in [3.05, 3.63) is 36.0 Å². The van der Waals surface area contributed by atoms with Gasteiger partial charge in [-0.3, -0.25) is 4.98 Å². The van der Waals surface area contributed by atoms with Crippen LogP contribution in [-0.4, -0.2) is 24.6 Å². The average molecular weight is 237 g/mol. The molecule has 0 unspecified atom stereocenters. The zero-order chi connectivity index (χ0) is 10.5. The van der Waals surface area contributed by atoms with Crippen LogP contribution in [0.2, 0.25) is 0 Å². The second kappa shape index (κ2) is 3.54. The summed E-state index contributed by atoms with van der Waals surface area (Å²) >= 11 is 0. The van der Waals surface area contributed by atoms with Crippen molar-refractivity contribution in [1.29, 1.82) is 0 Å². The van der Waals surface area contributed by atoms with Gasteiger partial charge in [0.05, 0.1) is 16.2 Å². The number of rotatable bonds is 0. The Labute approximate surface area is 93.2 Å². The van der Waals surface area contributed by atoms with Crippen LogP contribution in [-0.2, 0) is 16.3 Å². The third kappa shape index (κ3) is 1.40. The van der Waals surface area contributed by atoms with E-state index in [-0.39, 0.29) is 11.2 Å². The second-order valence-corrected chi connectivity index (χ2v) is 5.74. The zero-order valence-electron chi connectivity index (χ0n) is 8.47. The lowest BCUT2D eigenvalue weighted by atomic mass is 10.1. The number of aryl methyl sites for hydroxylation is 1. The van der Waals surface area contributed by atoms with E-state index in [9.17, 15) is 8.42 Å². The number of sulfone groups is 1. The van der Waals surface area contributed by atoms with E-state index in [0.717, 1.165) is 16.5 Å². The highest BCUT2D eigenvalue weighted by atomic mass is 32.2. The van der Waals surface area contributed by atoms with E-state index in [1.807, 2.05) is 18.2 Å². The molecule has 2 heterocycles. The lowest BCUT2D eigenvalue weighted by Crippen LogP contribution is -1.99. The average Bonchev–Trinajstić information content (AvgIpc) is 2.55. The molecule has 1 aliphatic heterocycles. The van der Waals surface area contributed by atoms with Gasteiger partial charge in [-0.05, 0) is 30.2 Å². The van der Waals surface area contributed by atoms with E-state index < -0.39 is 9.84 Å². The van der Waals surface area contributed by atoms with Crippen LogP contribution in [0.15, 0.2) is 35.4 Å². The Hall–Kier alpha value is -1.46. The summed E-state index contributed by atoms with van der Waals surface area (Å²) in [6.07, 6.45) is 2.30. The Morgan fingerprint density at radius 3 is 2.81 bits per heavy atom. The third-order valence-corrected chi connectivity index (χ3v) is 4.61. The molecule has 0 bridgehead atoms. The van der Waals surface area contributed by atoms with Gasteiger partial charge in [-0.2, -0.15) is 0 Å². The summed E-state index contributed by atoms with van der Waals surface area (Å²) in [5.41, 5.74) is 1.68. The van der Waals surface area contributed by atoms with Crippen LogP contribution in [0.4, 0.5) is 0 Å². The van der Waals surface area contributed by atoms with Crippen LogP contribution in [0.3, 0.4) is 0 Å². The normalized spacial score (nSPS) is 16.8. The van der Waals surface area contributed by atoms with Crippen molar-refractivity contribution in [2.24, 2.45) is 0 Å². The van der Waals surface area contributed by atoms with Crippen LogP contribution >= 0.6 is 0 Å². The smallest absolute Gasteiger partial charge is 0.179 e. The molecule has 16 heavy (non-hydrogen) atoms. The SMILES string of the molecule is O.O=S1(=O)CCc2ccc3ncccc3c21. The number of benzene rings is 1. The molecule has 1 aliphatic rings. The number of fused-ring (bicyclic) bond motifs is 3. The van der Waals surface area contributed by atoms with Gasteiger partial charge in [-0.1, -0.05) is 6.07 Å². The van der Waals surface area contributed by atoms with Crippen LogP contribution in [0.5, 0.6) is 0 Å². The fourth-order valence-corrected chi connectivity index (χ4v) is 3.85. The fourth-order valence-electron chi connectivity index (χ4n) is 2.08. The summed E-state index contributed by atoms with van der Waals surface area (Å²) in [5, 5.41) is 0.757. The Kier molecular flexibility index (Phi) is 2.44. The first-order chi connectivity index (χ1) is 7.18. The third-order valence-electron chi connectivity index (χ3n) is 2.77. The molecule has 3 rings (SSSR count). The maximum atomic E-state index is 11.8. The highest BCUT2D eigenvalue weighted by Gasteiger charge is 2.28. The van der Waals surface area contributed by atoms with Crippen molar-refractivity contribution in [2.75, 3.05) is 5.75 Å². The first-order valence-electron chi connectivity index (χ1n) is 4.78. The van der Waals surface area contributed by atoms with E-state index in [1.165, 1.54) is 0 Å². The molecule has 2 N–H and O–H groups in total. The number of hydrogen-bond acceptors (Lipinski definition) is 3. The van der Waals surface area contributed by atoms with Gasteiger partial charge in [-0.25, -0.2) is 8.42 Å². The molecule has 0 aliphatic carbocycles. The molecule has 0 saturated carbocycles. The van der Waals surface area contributed by atoms with Gasteiger partial charge in [0, 0.05) is 11.6 Å². The highest BCUT2D eigenvalue weighted by Crippen LogP contribution is 2.32. The van der Waals surface area contributed by atoms with Gasteiger partial charge in [0.15, 0.2) is 9.84 Å². The molecule has 0 atom stereocenters. The molecule has 0 radical (unpaired) electrons. The molecule has 0 saturated heterocycles. The maximum Gasteiger partial charge on any atom is 0.179 e. The number of hydrogen-bond donors (Lipinski definition) is 0. The monoisotopic (exact) mass is 237 g/mol. The number of pyridine rings is 1. The van der Waals surface area contributed by atoms with E-state index in [2.05, 4.69) is 4.98 Å². The Bertz CT molecular complexity index is 649. The van der Waals surface area contributed by atoms with E-state index in [1.54, 1.807) is 12.3 Å². The maximum absolute atomic E-state index is 11.8. The van der Waals surface area contributed by atoms with Gasteiger partial charge in [0.25, 0.3) is 0 Å². The first-order valence-corrected chi connectivity index (χ1v) is 6.43. The quantitative estimate of drug-likeness (QED) is 0.678. The van der Waals surface area contributed by atoms with Crippen molar-refractivity contribution < 1.29 is 13.9 Å². The molecule has 1 aromatic carbocycles. The molecule has 2 aromatic rings. The van der Waals surface area contributed by atoms with Crippen LogP contribution in [0.25, 0.3) is 10.9 Å². The minimum atomic E-state index is -3.07. The minimum Gasteiger partial charge on any atom is -0.412 e. The summed E-state index contributed by atoms with van der Waals surface area (Å²) in [4.78, 5) is 4.65.